The highest BCUT2D eigenvalue weighted by Gasteiger charge is 2.17. The Bertz CT molecular complexity index is 914. The fraction of sp³-hybridized carbons (Fsp3) is 0.320. The van der Waals surface area contributed by atoms with E-state index in [0.29, 0.717) is 12.6 Å². The summed E-state index contributed by atoms with van der Waals surface area (Å²) < 4.78 is 5.26. The summed E-state index contributed by atoms with van der Waals surface area (Å²) in [6, 6.07) is 20.7. The van der Waals surface area contributed by atoms with Crippen LogP contribution in [0.4, 0.5) is 5.82 Å². The van der Waals surface area contributed by atoms with Gasteiger partial charge < -0.3 is 14.4 Å². The maximum atomic E-state index is 10.4. The van der Waals surface area contributed by atoms with Crippen LogP contribution in [0.25, 0.3) is 22.5 Å². The number of benzene rings is 2. The first-order valence-electron chi connectivity index (χ1n) is 10.5. The minimum absolute atomic E-state index is 0.167. The first-order valence-corrected chi connectivity index (χ1v) is 10.5. The number of carbonyl (C=O) groups is 1. The van der Waals surface area contributed by atoms with Crippen LogP contribution >= 0.6 is 0 Å². The van der Waals surface area contributed by atoms with Gasteiger partial charge in [0, 0.05) is 30.3 Å². The Kier molecular flexibility index (Phi) is 8.10. The molecule has 3 aromatic rings. The van der Waals surface area contributed by atoms with Gasteiger partial charge in [-0.25, -0.2) is 4.98 Å². The highest BCUT2D eigenvalue weighted by Crippen LogP contribution is 2.30. The molecule has 0 fully saturated rings. The maximum Gasteiger partial charge on any atom is 0.148 e. The average Bonchev–Trinajstić information content (AvgIpc) is 2.79. The number of ether oxygens (including phenoxy) is 1. The molecule has 1 aromatic heterocycles. The predicted molar refractivity (Wildman–Crippen MR) is 122 cm³/mol. The van der Waals surface area contributed by atoms with Crippen LogP contribution < -0.4 is 4.90 Å². The van der Waals surface area contributed by atoms with E-state index in [1.807, 2.05) is 42.6 Å². The van der Waals surface area contributed by atoms with Crippen molar-refractivity contribution in [3.8, 4) is 22.5 Å². The van der Waals surface area contributed by atoms with Crippen molar-refractivity contribution in [3.63, 3.8) is 0 Å². The molecule has 0 unspecified atom stereocenters. The number of anilines is 1. The molecule has 3 rings (SSSR count). The van der Waals surface area contributed by atoms with Gasteiger partial charge in [-0.1, -0.05) is 60.7 Å². The molecule has 0 amide bonds. The molecule has 2 aromatic carbocycles. The third-order valence-electron chi connectivity index (χ3n) is 4.90. The molecule has 0 spiro atoms. The molecule has 5 nitrogen and oxygen atoms in total. The molecule has 156 valence electrons. The van der Waals surface area contributed by atoms with Gasteiger partial charge in [0.1, 0.15) is 18.7 Å². The van der Waals surface area contributed by atoms with Crippen LogP contribution in [0.5, 0.6) is 0 Å². The summed E-state index contributed by atoms with van der Waals surface area (Å²) in [5, 5.41) is 0. The molecule has 30 heavy (non-hydrogen) atoms. The van der Waals surface area contributed by atoms with Crippen molar-refractivity contribution in [2.75, 3.05) is 24.7 Å². The van der Waals surface area contributed by atoms with Crippen LogP contribution in [0, 0.1) is 0 Å². The number of aromatic nitrogens is 2. The van der Waals surface area contributed by atoms with Crippen molar-refractivity contribution in [3.05, 3.63) is 66.9 Å². The molecular formula is C25H29N3O2. The molecule has 5 heteroatoms. The molecule has 0 saturated carbocycles. The number of nitrogens with zero attached hydrogens (tertiary/aromatic N) is 3. The predicted octanol–water partition coefficient (Wildman–Crippen LogP) is 5.02. The van der Waals surface area contributed by atoms with E-state index in [-0.39, 0.29) is 6.61 Å². The first-order chi connectivity index (χ1) is 14.7. The lowest BCUT2D eigenvalue weighted by atomic mass is 10.0. The van der Waals surface area contributed by atoms with Crippen molar-refractivity contribution in [2.45, 2.75) is 32.7 Å². The average molecular weight is 404 g/mol. The second-order valence-corrected chi connectivity index (χ2v) is 7.39. The molecule has 0 N–H and O–H groups in total. The molecule has 0 bridgehead atoms. The van der Waals surface area contributed by atoms with Crippen molar-refractivity contribution < 1.29 is 9.53 Å². The summed E-state index contributed by atoms with van der Waals surface area (Å²) in [6.07, 6.45) is 4.52. The third kappa shape index (κ3) is 5.74. The molecule has 0 aliphatic heterocycles. The summed E-state index contributed by atoms with van der Waals surface area (Å²) in [6.45, 7) is 5.95. The van der Waals surface area contributed by atoms with Crippen molar-refractivity contribution in [2.24, 2.45) is 0 Å². The molecule has 1 heterocycles. The van der Waals surface area contributed by atoms with Crippen LogP contribution in [-0.2, 0) is 9.53 Å². The fourth-order valence-electron chi connectivity index (χ4n) is 3.38. The summed E-state index contributed by atoms with van der Waals surface area (Å²) in [5.41, 5.74) is 3.88. The zero-order valence-electron chi connectivity index (χ0n) is 17.7. The van der Waals surface area contributed by atoms with E-state index in [4.69, 9.17) is 14.7 Å². The van der Waals surface area contributed by atoms with Gasteiger partial charge in [-0.05, 0) is 26.7 Å². The number of hydrogen-bond acceptors (Lipinski definition) is 5. The lowest BCUT2D eigenvalue weighted by molar-refractivity contribution is -0.111. The van der Waals surface area contributed by atoms with Crippen molar-refractivity contribution in [1.29, 1.82) is 0 Å². The summed E-state index contributed by atoms with van der Waals surface area (Å²) in [5.74, 6) is 0.873. The number of carbonyl (C=O) groups excluding carboxylic acids is 1. The van der Waals surface area contributed by atoms with Gasteiger partial charge in [0.2, 0.25) is 0 Å². The molecule has 0 atom stereocenters. The van der Waals surface area contributed by atoms with Crippen LogP contribution in [-0.4, -0.2) is 42.1 Å². The minimum atomic E-state index is 0.167. The van der Waals surface area contributed by atoms with E-state index in [1.54, 1.807) is 0 Å². The number of aldehydes is 1. The highest BCUT2D eigenvalue weighted by molar-refractivity contribution is 5.78. The van der Waals surface area contributed by atoms with E-state index in [9.17, 15) is 4.79 Å². The normalized spacial score (nSPS) is 10.9. The smallest absolute Gasteiger partial charge is 0.148 e. The zero-order valence-corrected chi connectivity index (χ0v) is 17.7. The van der Waals surface area contributed by atoms with Gasteiger partial charge in [-0.15, -0.1) is 0 Å². The Morgan fingerprint density at radius 3 is 2.17 bits per heavy atom. The molecule has 0 aliphatic rings. The van der Waals surface area contributed by atoms with Crippen LogP contribution in [0.15, 0.2) is 66.9 Å². The largest absolute Gasteiger partial charge is 0.374 e. The molecular weight excluding hydrogens is 374 g/mol. The summed E-state index contributed by atoms with van der Waals surface area (Å²) in [4.78, 5) is 22.5. The van der Waals surface area contributed by atoms with E-state index in [0.717, 1.165) is 54.0 Å². The first kappa shape index (κ1) is 21.7. The highest BCUT2D eigenvalue weighted by atomic mass is 16.5. The van der Waals surface area contributed by atoms with Gasteiger partial charge >= 0.3 is 0 Å². The Morgan fingerprint density at radius 2 is 1.57 bits per heavy atom. The standard InChI is InChI=1S/C25H29N3O2/c1-20(2)28(15-9-10-17-30-18-16-29)23-19-26-24(21-11-5-3-6-12-21)25(27-23)22-13-7-4-8-14-22/h3-8,11-14,16,19-20H,9-10,15,17-18H2,1-2H3. The topological polar surface area (TPSA) is 55.3 Å². The van der Waals surface area contributed by atoms with Crippen LogP contribution in [0.2, 0.25) is 0 Å². The van der Waals surface area contributed by atoms with E-state index in [2.05, 4.69) is 43.0 Å². The Balaban J connectivity index is 1.88. The van der Waals surface area contributed by atoms with E-state index >= 15 is 0 Å². The minimum Gasteiger partial charge on any atom is -0.374 e. The number of hydrogen-bond donors (Lipinski definition) is 0. The van der Waals surface area contributed by atoms with E-state index in [1.165, 1.54) is 0 Å². The van der Waals surface area contributed by atoms with Gasteiger partial charge in [0.15, 0.2) is 0 Å². The fourth-order valence-corrected chi connectivity index (χ4v) is 3.38. The third-order valence-corrected chi connectivity index (χ3v) is 4.90. The Labute approximate surface area is 178 Å². The summed E-state index contributed by atoms with van der Waals surface area (Å²) in [7, 11) is 0. The second kappa shape index (κ2) is 11.2. The van der Waals surface area contributed by atoms with Gasteiger partial charge in [0.05, 0.1) is 17.6 Å². The maximum absolute atomic E-state index is 10.4. The lowest BCUT2D eigenvalue weighted by Gasteiger charge is -2.28. The number of unbranched alkanes of at least 4 members (excludes halogenated alkanes) is 1. The monoisotopic (exact) mass is 403 g/mol. The van der Waals surface area contributed by atoms with Gasteiger partial charge in [-0.2, -0.15) is 0 Å². The summed E-state index contributed by atoms with van der Waals surface area (Å²) >= 11 is 0. The van der Waals surface area contributed by atoms with Crippen molar-refractivity contribution >= 4 is 12.1 Å². The Hall–Kier alpha value is -3.05. The Morgan fingerprint density at radius 1 is 0.933 bits per heavy atom. The molecule has 0 saturated heterocycles. The molecule has 0 aliphatic carbocycles. The van der Waals surface area contributed by atoms with E-state index < -0.39 is 0 Å². The lowest BCUT2D eigenvalue weighted by Crippen LogP contribution is -2.33. The SMILES string of the molecule is CC(C)N(CCCCOCC=O)c1cnc(-c2ccccc2)c(-c2ccccc2)n1. The van der Waals surface area contributed by atoms with Crippen LogP contribution in [0.1, 0.15) is 26.7 Å². The second-order valence-electron chi connectivity index (χ2n) is 7.39. The quantitative estimate of drug-likeness (QED) is 0.332. The molecule has 0 radical (unpaired) electrons. The van der Waals surface area contributed by atoms with Crippen molar-refractivity contribution in [1.82, 2.24) is 9.97 Å². The van der Waals surface area contributed by atoms with Crippen LogP contribution in [0.3, 0.4) is 0 Å². The number of rotatable bonds is 11. The van der Waals surface area contributed by atoms with Gasteiger partial charge in [0.25, 0.3) is 0 Å². The zero-order chi connectivity index (χ0) is 21.2. The van der Waals surface area contributed by atoms with Gasteiger partial charge in [-0.3, -0.25) is 4.98 Å².